The predicted octanol–water partition coefficient (Wildman–Crippen LogP) is 23.0. The van der Waals surface area contributed by atoms with Gasteiger partial charge in [0.05, 0.1) is 39.9 Å². The van der Waals surface area contributed by atoms with Crippen molar-refractivity contribution in [3.63, 3.8) is 0 Å². The number of phosphoric ester groups is 1. The van der Waals surface area contributed by atoms with Crippen molar-refractivity contribution in [1.29, 1.82) is 0 Å². The summed E-state index contributed by atoms with van der Waals surface area (Å²) in [4.78, 5) is 25.7. The van der Waals surface area contributed by atoms with Crippen LogP contribution in [0.1, 0.15) is 335 Å². The van der Waals surface area contributed by atoms with Gasteiger partial charge in [0, 0.05) is 6.42 Å². The number of carbonyl (C=O) groups is 1. The van der Waals surface area contributed by atoms with Crippen molar-refractivity contribution in [2.75, 3.05) is 40.9 Å². The Hall–Kier alpha value is -2.58. The van der Waals surface area contributed by atoms with Gasteiger partial charge in [-0.25, -0.2) is 0 Å². The zero-order valence-electron chi connectivity index (χ0n) is 57.3. The number of hydrogen-bond acceptors (Lipinski definition) is 6. The van der Waals surface area contributed by atoms with Gasteiger partial charge < -0.3 is 28.8 Å². The van der Waals surface area contributed by atoms with Gasteiger partial charge in [0.15, 0.2) is 0 Å². The normalized spacial score (nSPS) is 14.2. The third-order valence-corrected chi connectivity index (χ3v) is 17.3. The van der Waals surface area contributed by atoms with Crippen molar-refractivity contribution in [2.24, 2.45) is 0 Å². The number of likely N-dealkylation sites (N-methyl/N-ethyl adjacent to an activating group) is 1. The lowest BCUT2D eigenvalue weighted by molar-refractivity contribution is -0.870. The van der Waals surface area contributed by atoms with Crippen LogP contribution in [0.2, 0.25) is 0 Å². The van der Waals surface area contributed by atoms with Crippen molar-refractivity contribution in [1.82, 2.24) is 5.32 Å². The second-order valence-electron chi connectivity index (χ2n) is 25.9. The molecule has 2 N–H and O–H groups in total. The predicted molar refractivity (Wildman–Crippen MR) is 376 cm³/mol. The molecule has 500 valence electrons. The van der Waals surface area contributed by atoms with E-state index in [1.807, 2.05) is 27.2 Å². The molecule has 0 heterocycles. The average molecular weight is 1220 g/mol. The molecule has 0 aliphatic carbocycles. The minimum Gasteiger partial charge on any atom is -0.756 e. The molecule has 0 rings (SSSR count). The molecule has 0 radical (unpaired) electrons. The molecule has 0 saturated carbocycles. The van der Waals surface area contributed by atoms with Crippen molar-refractivity contribution >= 4 is 13.7 Å². The number of rotatable bonds is 67. The highest BCUT2D eigenvalue weighted by Gasteiger charge is 2.23. The number of carbonyl (C=O) groups excluding carboxylic acids is 1. The first kappa shape index (κ1) is 83.4. The molecule has 0 aliphatic heterocycles. The second kappa shape index (κ2) is 66.8. The summed E-state index contributed by atoms with van der Waals surface area (Å²) < 4.78 is 23.5. The highest BCUT2D eigenvalue weighted by Crippen LogP contribution is 2.38. The summed E-state index contributed by atoms with van der Waals surface area (Å²) in [5, 5.41) is 14.0. The lowest BCUT2D eigenvalue weighted by atomic mass is 10.0. The lowest BCUT2D eigenvalue weighted by Crippen LogP contribution is -2.45. The van der Waals surface area contributed by atoms with Crippen molar-refractivity contribution in [2.45, 2.75) is 347 Å². The van der Waals surface area contributed by atoms with E-state index in [-0.39, 0.29) is 19.1 Å². The number of nitrogens with one attached hydrogen (secondary N) is 1. The molecule has 86 heavy (non-hydrogen) atoms. The summed E-state index contributed by atoms with van der Waals surface area (Å²) in [5.41, 5.74) is 0. The van der Waals surface area contributed by atoms with E-state index in [1.54, 1.807) is 6.08 Å². The standard InChI is InChI=1S/C77H141N2O6P/c1-6-8-10-12-14-16-18-20-22-24-26-28-30-32-34-36-38-39-41-43-45-47-49-51-53-55-57-59-61-63-65-67-69-71-77(81)78-75(74-85-86(82,83)84-73-72-79(3,4)5)76(80)70-68-66-64-62-60-58-56-54-52-50-48-46-44-42-40-37-35-33-31-29-27-25-23-21-19-17-15-13-11-9-7-2/h8,10,14,16,20,22,26,28,32,34,38-39,43,45,68,70,75-76,80H,6-7,9,11-13,15,17-19,21,23-25,27,29-31,33,35-37,40-42,44,46-67,69,71-74H2,1-5H3,(H-,78,81,82,83)/b10-8-,16-14-,22-20-,28-26-,34-32-,39-38-,45-43-,70-68+. The Morgan fingerprint density at radius 3 is 1.03 bits per heavy atom. The number of quaternary nitrogens is 1. The first-order valence-electron chi connectivity index (χ1n) is 36.6. The quantitative estimate of drug-likeness (QED) is 0.0272. The van der Waals surface area contributed by atoms with E-state index in [2.05, 4.69) is 104 Å². The van der Waals surface area contributed by atoms with Crippen LogP contribution in [-0.2, 0) is 18.4 Å². The van der Waals surface area contributed by atoms with Crippen LogP contribution in [-0.4, -0.2) is 68.5 Å². The maximum atomic E-state index is 13.1. The van der Waals surface area contributed by atoms with Crippen LogP contribution in [0.3, 0.4) is 0 Å². The van der Waals surface area contributed by atoms with Crippen molar-refractivity contribution < 1.29 is 32.9 Å². The van der Waals surface area contributed by atoms with Gasteiger partial charge in [0.1, 0.15) is 13.2 Å². The molecule has 3 unspecified atom stereocenters. The number of hydrogen-bond donors (Lipinski definition) is 2. The van der Waals surface area contributed by atoms with Crippen LogP contribution in [0.15, 0.2) is 97.2 Å². The van der Waals surface area contributed by atoms with Crippen LogP contribution in [0.25, 0.3) is 0 Å². The van der Waals surface area contributed by atoms with Gasteiger partial charge in [-0.1, -0.05) is 349 Å². The zero-order chi connectivity index (χ0) is 62.6. The number of phosphoric acid groups is 1. The summed E-state index contributed by atoms with van der Waals surface area (Å²) in [5.74, 6) is -0.200. The SMILES string of the molecule is CC/C=C\C/C=C\C/C=C\C/C=C\C/C=C\C/C=C\C/C=C\CCCCCCCCCCCCCC(=O)NC(COP(=O)([O-])OCC[N+](C)(C)C)C(O)/C=C/CCCCCCCCCCCCCCCCCCCCCCCCCCCCCCC. The van der Waals surface area contributed by atoms with Crippen LogP contribution in [0.5, 0.6) is 0 Å². The van der Waals surface area contributed by atoms with Crippen molar-refractivity contribution in [3.8, 4) is 0 Å². The van der Waals surface area contributed by atoms with Crippen LogP contribution < -0.4 is 10.2 Å². The number of amides is 1. The van der Waals surface area contributed by atoms with E-state index in [9.17, 15) is 19.4 Å². The van der Waals surface area contributed by atoms with E-state index < -0.39 is 20.0 Å². The maximum Gasteiger partial charge on any atom is 0.268 e. The topological polar surface area (TPSA) is 108 Å². The van der Waals surface area contributed by atoms with E-state index >= 15 is 0 Å². The first-order valence-corrected chi connectivity index (χ1v) is 38.1. The summed E-state index contributed by atoms with van der Waals surface area (Å²) >= 11 is 0. The Kier molecular flexibility index (Phi) is 64.8. The van der Waals surface area contributed by atoms with Gasteiger partial charge in [-0.05, 0) is 77.0 Å². The van der Waals surface area contributed by atoms with E-state index in [0.29, 0.717) is 17.4 Å². The summed E-state index contributed by atoms with van der Waals surface area (Å²) in [6, 6.07) is -0.896. The van der Waals surface area contributed by atoms with E-state index in [4.69, 9.17) is 9.05 Å². The Balaban J connectivity index is 4.08. The molecular weight excluding hydrogens is 1080 g/mol. The van der Waals surface area contributed by atoms with Crippen LogP contribution >= 0.6 is 7.82 Å². The molecule has 9 heteroatoms. The molecule has 0 aromatic rings. The minimum atomic E-state index is -4.61. The van der Waals surface area contributed by atoms with Crippen LogP contribution in [0.4, 0.5) is 0 Å². The van der Waals surface area contributed by atoms with Gasteiger partial charge >= 0.3 is 0 Å². The third-order valence-electron chi connectivity index (χ3n) is 16.3. The molecule has 0 aromatic carbocycles. The zero-order valence-corrected chi connectivity index (χ0v) is 58.1. The fourth-order valence-corrected chi connectivity index (χ4v) is 11.4. The molecule has 8 nitrogen and oxygen atoms in total. The van der Waals surface area contributed by atoms with Gasteiger partial charge in [-0.2, -0.15) is 0 Å². The van der Waals surface area contributed by atoms with E-state index in [1.165, 1.54) is 231 Å². The Labute approximate surface area is 534 Å². The largest absolute Gasteiger partial charge is 0.756 e. The molecule has 0 spiro atoms. The Morgan fingerprint density at radius 1 is 0.419 bits per heavy atom. The molecule has 1 amide bonds. The van der Waals surface area contributed by atoms with Gasteiger partial charge in [-0.15, -0.1) is 0 Å². The maximum absolute atomic E-state index is 13.1. The van der Waals surface area contributed by atoms with Crippen LogP contribution in [0, 0.1) is 0 Å². The van der Waals surface area contributed by atoms with Gasteiger partial charge in [0.2, 0.25) is 5.91 Å². The number of nitrogens with zero attached hydrogens (tertiary/aromatic N) is 1. The fraction of sp³-hybridized carbons (Fsp3) is 0.779. The highest BCUT2D eigenvalue weighted by atomic mass is 31.2. The fourth-order valence-electron chi connectivity index (χ4n) is 10.7. The molecule has 3 atom stereocenters. The summed E-state index contributed by atoms with van der Waals surface area (Å²) in [6.45, 7) is 4.57. The number of unbranched alkanes of at least 4 members (excludes halogenated alkanes) is 40. The third kappa shape index (κ3) is 68.9. The smallest absolute Gasteiger partial charge is 0.268 e. The molecule has 0 bridgehead atoms. The number of aliphatic hydroxyl groups is 1. The number of aliphatic hydroxyl groups excluding tert-OH is 1. The average Bonchev–Trinajstić information content (AvgIpc) is 3.70. The van der Waals surface area contributed by atoms with Gasteiger partial charge in [-0.3, -0.25) is 9.36 Å². The molecule has 0 aliphatic rings. The summed E-state index contributed by atoms with van der Waals surface area (Å²) in [7, 11) is 1.26. The first-order chi connectivity index (χ1) is 42.0. The van der Waals surface area contributed by atoms with E-state index in [0.717, 1.165) is 83.5 Å². The monoisotopic (exact) mass is 1220 g/mol. The molecule has 0 saturated heterocycles. The molecular formula is C77H141N2O6P. The lowest BCUT2D eigenvalue weighted by Gasteiger charge is -2.29. The molecule has 0 aromatic heterocycles. The molecule has 0 fully saturated rings. The van der Waals surface area contributed by atoms with Crippen molar-refractivity contribution in [3.05, 3.63) is 97.2 Å². The summed E-state index contributed by atoms with van der Waals surface area (Å²) in [6.07, 6.45) is 96.8. The van der Waals surface area contributed by atoms with Gasteiger partial charge in [0.25, 0.3) is 7.82 Å². The highest BCUT2D eigenvalue weighted by molar-refractivity contribution is 7.45. The minimum absolute atomic E-state index is 0.00477. The number of allylic oxidation sites excluding steroid dienone is 15. The second-order valence-corrected chi connectivity index (χ2v) is 27.3. The Bertz CT molecular complexity index is 1730. The Morgan fingerprint density at radius 2 is 0.709 bits per heavy atom.